The molecule has 0 heterocycles. The lowest BCUT2D eigenvalue weighted by Crippen LogP contribution is -2.26. The molecule has 0 unspecified atom stereocenters. The van der Waals surface area contributed by atoms with Crippen LogP contribution in [0.3, 0.4) is 0 Å². The summed E-state index contributed by atoms with van der Waals surface area (Å²) >= 11 is 3.19. The smallest absolute Gasteiger partial charge is 0.335 e. The first-order chi connectivity index (χ1) is 8.81. The van der Waals surface area contributed by atoms with E-state index in [9.17, 15) is 13.2 Å². The second-order valence-corrected chi connectivity index (χ2v) is 7.27. The van der Waals surface area contributed by atoms with Gasteiger partial charge < -0.3 is 5.11 Å². The third-order valence-corrected chi connectivity index (χ3v) is 5.47. The highest BCUT2D eigenvalue weighted by molar-refractivity contribution is 9.10. The van der Waals surface area contributed by atoms with Gasteiger partial charge in [0.1, 0.15) is 0 Å². The minimum atomic E-state index is -3.67. The molecule has 104 valence electrons. The van der Waals surface area contributed by atoms with Crippen molar-refractivity contribution in [3.63, 3.8) is 0 Å². The normalized spacial score (nSPS) is 15.5. The van der Waals surface area contributed by atoms with E-state index in [1.54, 1.807) is 6.92 Å². The van der Waals surface area contributed by atoms with Crippen LogP contribution in [0.4, 0.5) is 0 Å². The molecule has 1 saturated carbocycles. The molecular formula is C12H14BrNO4S. The van der Waals surface area contributed by atoms with Gasteiger partial charge in [0, 0.05) is 11.0 Å². The van der Waals surface area contributed by atoms with Crippen LogP contribution in [0, 0.1) is 12.8 Å². The number of hydrogen-bond acceptors (Lipinski definition) is 3. The van der Waals surface area contributed by atoms with Gasteiger partial charge in [-0.15, -0.1) is 0 Å². The van der Waals surface area contributed by atoms with E-state index >= 15 is 0 Å². The molecule has 0 aliphatic heterocycles. The highest BCUT2D eigenvalue weighted by Crippen LogP contribution is 2.29. The third-order valence-electron chi connectivity index (χ3n) is 3.09. The predicted octanol–water partition coefficient (Wildman–Crippen LogP) is 2.14. The number of benzene rings is 1. The number of carboxylic acid groups (broad SMARTS) is 1. The molecule has 5 nitrogen and oxygen atoms in total. The maximum absolute atomic E-state index is 12.2. The quantitative estimate of drug-likeness (QED) is 0.854. The largest absolute Gasteiger partial charge is 0.478 e. The summed E-state index contributed by atoms with van der Waals surface area (Å²) < 4.78 is 27.4. The SMILES string of the molecule is Cc1c(Br)cc(C(=O)O)cc1S(=O)(=O)NCC1CC1. The predicted molar refractivity (Wildman–Crippen MR) is 73.8 cm³/mol. The molecule has 0 atom stereocenters. The first kappa shape index (κ1) is 14.5. The number of rotatable bonds is 5. The molecule has 1 aliphatic carbocycles. The van der Waals surface area contributed by atoms with E-state index in [-0.39, 0.29) is 10.5 Å². The van der Waals surface area contributed by atoms with Crippen molar-refractivity contribution in [2.45, 2.75) is 24.7 Å². The summed E-state index contributed by atoms with van der Waals surface area (Å²) in [7, 11) is -3.67. The first-order valence-electron chi connectivity index (χ1n) is 5.84. The molecular weight excluding hydrogens is 334 g/mol. The highest BCUT2D eigenvalue weighted by atomic mass is 79.9. The van der Waals surface area contributed by atoms with Crippen molar-refractivity contribution in [2.24, 2.45) is 5.92 Å². The molecule has 1 aromatic rings. The molecule has 0 radical (unpaired) electrons. The fraction of sp³-hybridized carbons (Fsp3) is 0.417. The Kier molecular flexibility index (Phi) is 3.98. The van der Waals surface area contributed by atoms with Crippen molar-refractivity contribution >= 4 is 31.9 Å². The first-order valence-corrected chi connectivity index (χ1v) is 8.12. The molecule has 7 heteroatoms. The van der Waals surface area contributed by atoms with Crippen LogP contribution in [-0.4, -0.2) is 26.0 Å². The Balaban J connectivity index is 2.38. The fourth-order valence-corrected chi connectivity index (χ4v) is 3.68. The van der Waals surface area contributed by atoms with E-state index in [0.717, 1.165) is 12.8 Å². The van der Waals surface area contributed by atoms with Crippen LogP contribution < -0.4 is 4.72 Å². The molecule has 1 fully saturated rings. The van der Waals surface area contributed by atoms with Crippen LogP contribution in [0.15, 0.2) is 21.5 Å². The zero-order valence-electron chi connectivity index (χ0n) is 10.3. The summed E-state index contributed by atoms with van der Waals surface area (Å²) in [5.41, 5.74) is 0.456. The van der Waals surface area contributed by atoms with E-state index in [4.69, 9.17) is 5.11 Å². The molecule has 0 amide bonds. The summed E-state index contributed by atoms with van der Waals surface area (Å²) in [5.74, 6) is -0.736. The summed E-state index contributed by atoms with van der Waals surface area (Å²) in [4.78, 5) is 11.0. The van der Waals surface area contributed by atoms with Gasteiger partial charge in [-0.05, 0) is 43.4 Å². The topological polar surface area (TPSA) is 83.5 Å². The molecule has 2 N–H and O–H groups in total. The standard InChI is InChI=1S/C12H14BrNO4S/c1-7-10(13)4-9(12(15)16)5-11(7)19(17,18)14-6-8-2-3-8/h4-5,8,14H,2-3,6H2,1H3,(H,15,16). The van der Waals surface area contributed by atoms with Gasteiger partial charge in [0.2, 0.25) is 10.0 Å². The maximum atomic E-state index is 12.2. The molecule has 1 aromatic carbocycles. The Morgan fingerprint density at radius 2 is 2.11 bits per heavy atom. The molecule has 19 heavy (non-hydrogen) atoms. The Hall–Kier alpha value is -0.920. The summed E-state index contributed by atoms with van der Waals surface area (Å²) in [5, 5.41) is 8.98. The number of carboxylic acids is 1. The van der Waals surface area contributed by atoms with Crippen molar-refractivity contribution in [2.75, 3.05) is 6.54 Å². The third kappa shape index (κ3) is 3.34. The second kappa shape index (κ2) is 5.22. The van der Waals surface area contributed by atoms with Crippen molar-refractivity contribution in [1.29, 1.82) is 0 Å². The summed E-state index contributed by atoms with van der Waals surface area (Å²) in [6.45, 7) is 2.05. The molecule has 1 aliphatic rings. The van der Waals surface area contributed by atoms with Crippen molar-refractivity contribution < 1.29 is 18.3 Å². The Labute approximate surface area is 120 Å². The number of halogens is 1. The van der Waals surface area contributed by atoms with Gasteiger partial charge in [-0.3, -0.25) is 0 Å². The summed E-state index contributed by atoms with van der Waals surface area (Å²) in [6.07, 6.45) is 2.08. The van der Waals surface area contributed by atoms with Gasteiger partial charge in [-0.1, -0.05) is 15.9 Å². The zero-order valence-corrected chi connectivity index (χ0v) is 12.7. The van der Waals surface area contributed by atoms with E-state index in [2.05, 4.69) is 20.7 Å². The van der Waals surface area contributed by atoms with Gasteiger partial charge in [-0.2, -0.15) is 0 Å². The van der Waals surface area contributed by atoms with Crippen molar-refractivity contribution in [3.05, 3.63) is 27.7 Å². The van der Waals surface area contributed by atoms with E-state index in [1.165, 1.54) is 12.1 Å². The number of nitrogens with one attached hydrogen (secondary N) is 1. The van der Waals surface area contributed by atoms with Gasteiger partial charge in [-0.25, -0.2) is 17.9 Å². The van der Waals surface area contributed by atoms with Crippen LogP contribution >= 0.6 is 15.9 Å². The van der Waals surface area contributed by atoms with Crippen molar-refractivity contribution in [3.8, 4) is 0 Å². The number of carbonyl (C=O) groups is 1. The average molecular weight is 348 g/mol. The van der Waals surface area contributed by atoms with Crippen LogP contribution in [0.5, 0.6) is 0 Å². The summed E-state index contributed by atoms with van der Waals surface area (Å²) in [6, 6.07) is 2.59. The minimum absolute atomic E-state index is 0.0138. The van der Waals surface area contributed by atoms with Crippen molar-refractivity contribution in [1.82, 2.24) is 4.72 Å². The van der Waals surface area contributed by atoms with Gasteiger partial charge >= 0.3 is 5.97 Å². The van der Waals surface area contributed by atoms with E-state index in [1.807, 2.05) is 0 Å². The van der Waals surface area contributed by atoms with Crippen LogP contribution in [0.2, 0.25) is 0 Å². The van der Waals surface area contributed by atoms with Gasteiger partial charge in [0.25, 0.3) is 0 Å². The van der Waals surface area contributed by atoms with E-state index < -0.39 is 16.0 Å². The number of sulfonamides is 1. The maximum Gasteiger partial charge on any atom is 0.335 e. The van der Waals surface area contributed by atoms with Crippen LogP contribution in [0.1, 0.15) is 28.8 Å². The highest BCUT2D eigenvalue weighted by Gasteiger charge is 2.26. The molecule has 0 bridgehead atoms. The zero-order chi connectivity index (χ0) is 14.2. The molecule has 0 aromatic heterocycles. The van der Waals surface area contributed by atoms with Gasteiger partial charge in [0.15, 0.2) is 0 Å². The Morgan fingerprint density at radius 1 is 1.47 bits per heavy atom. The van der Waals surface area contributed by atoms with Crippen LogP contribution in [0.25, 0.3) is 0 Å². The average Bonchev–Trinajstić information content (AvgIpc) is 3.13. The fourth-order valence-electron chi connectivity index (χ4n) is 1.68. The lowest BCUT2D eigenvalue weighted by molar-refractivity contribution is 0.0696. The second-order valence-electron chi connectivity index (χ2n) is 4.68. The Morgan fingerprint density at radius 3 is 2.63 bits per heavy atom. The molecule has 0 spiro atoms. The molecule has 2 rings (SSSR count). The van der Waals surface area contributed by atoms with Gasteiger partial charge in [0.05, 0.1) is 10.5 Å². The van der Waals surface area contributed by atoms with Crippen LogP contribution in [-0.2, 0) is 10.0 Å². The molecule has 0 saturated heterocycles. The number of aromatic carboxylic acids is 1. The van der Waals surface area contributed by atoms with E-state index in [0.29, 0.717) is 22.5 Å². The lowest BCUT2D eigenvalue weighted by atomic mass is 10.1. The Bertz CT molecular complexity index is 623. The monoisotopic (exact) mass is 347 g/mol. The lowest BCUT2D eigenvalue weighted by Gasteiger charge is -2.11. The number of hydrogen-bond donors (Lipinski definition) is 2. The minimum Gasteiger partial charge on any atom is -0.478 e.